The fourth-order valence-electron chi connectivity index (χ4n) is 1.67. The molecule has 1 aromatic carbocycles. The third kappa shape index (κ3) is 1.83. The molecule has 0 bridgehead atoms. The van der Waals surface area contributed by atoms with Crippen LogP contribution in [-0.4, -0.2) is 6.04 Å². The van der Waals surface area contributed by atoms with Gasteiger partial charge in [0.2, 0.25) is 0 Å². The summed E-state index contributed by atoms with van der Waals surface area (Å²) in [6.07, 6.45) is 2.21. The number of nitrogens with zero attached hydrogens (tertiary/aromatic N) is 1. The smallest absolute Gasteiger partial charge is 0.0585 e. The number of halogens is 1. The van der Waals surface area contributed by atoms with Crippen molar-refractivity contribution in [3.8, 4) is 0 Å². The topological polar surface area (TPSA) is 15.3 Å². The molecule has 1 aromatic rings. The maximum absolute atomic E-state index is 3.47. The van der Waals surface area contributed by atoms with Crippen LogP contribution in [0.1, 0.15) is 13.8 Å². The molecule has 0 aliphatic carbocycles. The molecular formula is C11H13BrN2. The van der Waals surface area contributed by atoms with Gasteiger partial charge in [-0.25, -0.2) is 5.43 Å². The van der Waals surface area contributed by atoms with E-state index in [0.29, 0.717) is 6.04 Å². The number of hydrazine groups is 1. The lowest BCUT2D eigenvalue weighted by atomic mass is 10.3. The Morgan fingerprint density at radius 3 is 2.79 bits per heavy atom. The van der Waals surface area contributed by atoms with Crippen LogP contribution < -0.4 is 10.4 Å². The maximum Gasteiger partial charge on any atom is 0.0585 e. The Labute approximate surface area is 92.7 Å². The molecule has 1 aliphatic heterocycles. The summed E-state index contributed by atoms with van der Waals surface area (Å²) in [5.41, 5.74) is 5.78. The summed E-state index contributed by atoms with van der Waals surface area (Å²) in [4.78, 5) is 0. The van der Waals surface area contributed by atoms with Crippen molar-refractivity contribution in [3.63, 3.8) is 0 Å². The molecule has 0 fully saturated rings. The van der Waals surface area contributed by atoms with Gasteiger partial charge in [0.25, 0.3) is 0 Å². The molecule has 0 saturated heterocycles. The van der Waals surface area contributed by atoms with Crippen molar-refractivity contribution in [3.05, 3.63) is 40.5 Å². The molecule has 0 amide bonds. The van der Waals surface area contributed by atoms with Crippen LogP contribution in [0.3, 0.4) is 0 Å². The highest BCUT2D eigenvalue weighted by atomic mass is 79.9. The van der Waals surface area contributed by atoms with Crippen molar-refractivity contribution in [1.82, 2.24) is 5.43 Å². The Morgan fingerprint density at radius 1 is 1.43 bits per heavy atom. The zero-order valence-electron chi connectivity index (χ0n) is 8.29. The third-order valence-corrected chi connectivity index (χ3v) is 2.74. The van der Waals surface area contributed by atoms with Crippen LogP contribution in [-0.2, 0) is 0 Å². The molecule has 0 spiro atoms. The van der Waals surface area contributed by atoms with E-state index in [4.69, 9.17) is 0 Å². The van der Waals surface area contributed by atoms with Crippen LogP contribution >= 0.6 is 15.9 Å². The monoisotopic (exact) mass is 252 g/mol. The number of hydrogen-bond donors (Lipinski definition) is 1. The predicted molar refractivity (Wildman–Crippen MR) is 63.0 cm³/mol. The Morgan fingerprint density at radius 2 is 2.21 bits per heavy atom. The molecule has 1 N–H and O–H groups in total. The van der Waals surface area contributed by atoms with Crippen LogP contribution in [0.2, 0.25) is 0 Å². The van der Waals surface area contributed by atoms with Gasteiger partial charge in [-0.05, 0) is 38.1 Å². The number of anilines is 1. The molecule has 1 unspecified atom stereocenters. The summed E-state index contributed by atoms with van der Waals surface area (Å²) < 4.78 is 1.10. The predicted octanol–water partition coefficient (Wildman–Crippen LogP) is 3.07. The molecule has 1 heterocycles. The quantitative estimate of drug-likeness (QED) is 0.827. The van der Waals surface area contributed by atoms with E-state index in [9.17, 15) is 0 Å². The zero-order chi connectivity index (χ0) is 10.1. The lowest BCUT2D eigenvalue weighted by Crippen LogP contribution is -2.35. The second kappa shape index (κ2) is 3.75. The van der Waals surface area contributed by atoms with Gasteiger partial charge >= 0.3 is 0 Å². The highest BCUT2D eigenvalue weighted by Gasteiger charge is 2.17. The van der Waals surface area contributed by atoms with Gasteiger partial charge < -0.3 is 0 Å². The molecule has 1 aliphatic rings. The van der Waals surface area contributed by atoms with E-state index in [-0.39, 0.29) is 0 Å². The second-order valence-corrected chi connectivity index (χ2v) is 4.46. The number of rotatable bonds is 1. The van der Waals surface area contributed by atoms with E-state index in [1.54, 1.807) is 0 Å². The van der Waals surface area contributed by atoms with Crippen molar-refractivity contribution in [2.45, 2.75) is 19.9 Å². The molecule has 0 radical (unpaired) electrons. The fourth-order valence-corrected chi connectivity index (χ4v) is 2.06. The van der Waals surface area contributed by atoms with Crippen LogP contribution in [0, 0.1) is 0 Å². The van der Waals surface area contributed by atoms with Crippen molar-refractivity contribution >= 4 is 21.6 Å². The van der Waals surface area contributed by atoms with Crippen LogP contribution in [0.25, 0.3) is 0 Å². The zero-order valence-corrected chi connectivity index (χ0v) is 9.88. The van der Waals surface area contributed by atoms with E-state index < -0.39 is 0 Å². The maximum atomic E-state index is 3.47. The SMILES string of the molecule is CC1=CC(C)NN1c1cccc(Br)c1. The first-order chi connectivity index (χ1) is 6.66. The highest BCUT2D eigenvalue weighted by Crippen LogP contribution is 2.24. The van der Waals surface area contributed by atoms with Crippen molar-refractivity contribution in [1.29, 1.82) is 0 Å². The van der Waals surface area contributed by atoms with E-state index in [0.717, 1.165) is 10.2 Å². The molecule has 2 nitrogen and oxygen atoms in total. The van der Waals surface area contributed by atoms with Crippen LogP contribution in [0.5, 0.6) is 0 Å². The van der Waals surface area contributed by atoms with Gasteiger partial charge in [0, 0.05) is 16.2 Å². The minimum atomic E-state index is 0.411. The molecular weight excluding hydrogens is 240 g/mol. The summed E-state index contributed by atoms with van der Waals surface area (Å²) in [5.74, 6) is 0. The molecule has 0 saturated carbocycles. The third-order valence-electron chi connectivity index (χ3n) is 2.24. The lowest BCUT2D eigenvalue weighted by Gasteiger charge is -2.21. The minimum Gasteiger partial charge on any atom is -0.281 e. The first kappa shape index (κ1) is 9.74. The normalized spacial score (nSPS) is 21.2. The number of benzene rings is 1. The fraction of sp³-hybridized carbons (Fsp3) is 0.273. The number of allylic oxidation sites excluding steroid dienone is 1. The molecule has 3 heteroatoms. The molecule has 74 valence electrons. The van der Waals surface area contributed by atoms with E-state index in [1.807, 2.05) is 12.1 Å². The van der Waals surface area contributed by atoms with Crippen LogP contribution in [0.15, 0.2) is 40.5 Å². The standard InChI is InChI=1S/C11H13BrN2/c1-8-6-9(2)14(13-8)11-5-3-4-10(12)7-11/h3-8,13H,1-2H3. The molecule has 14 heavy (non-hydrogen) atoms. The molecule has 2 rings (SSSR count). The summed E-state index contributed by atoms with van der Waals surface area (Å²) in [6.45, 7) is 4.25. The van der Waals surface area contributed by atoms with Gasteiger partial charge in [-0.3, -0.25) is 5.01 Å². The van der Waals surface area contributed by atoms with Crippen molar-refractivity contribution < 1.29 is 0 Å². The Kier molecular flexibility index (Phi) is 2.61. The van der Waals surface area contributed by atoms with Gasteiger partial charge in [-0.15, -0.1) is 0 Å². The van der Waals surface area contributed by atoms with Crippen LogP contribution in [0.4, 0.5) is 5.69 Å². The van der Waals surface area contributed by atoms with E-state index in [2.05, 4.69) is 58.4 Å². The van der Waals surface area contributed by atoms with Gasteiger partial charge in [-0.2, -0.15) is 0 Å². The Hall–Kier alpha value is -0.800. The van der Waals surface area contributed by atoms with E-state index >= 15 is 0 Å². The van der Waals surface area contributed by atoms with Crippen molar-refractivity contribution in [2.75, 3.05) is 5.01 Å². The second-order valence-electron chi connectivity index (χ2n) is 3.54. The summed E-state index contributed by atoms with van der Waals surface area (Å²) >= 11 is 3.47. The Bertz CT molecular complexity index is 373. The largest absolute Gasteiger partial charge is 0.281 e. The summed E-state index contributed by atoms with van der Waals surface area (Å²) in [7, 11) is 0. The van der Waals surface area contributed by atoms with Gasteiger partial charge in [-0.1, -0.05) is 22.0 Å². The summed E-state index contributed by atoms with van der Waals surface area (Å²) in [6, 6.07) is 8.67. The average Bonchev–Trinajstić information content (AvgIpc) is 2.45. The first-order valence-electron chi connectivity index (χ1n) is 4.67. The van der Waals surface area contributed by atoms with E-state index in [1.165, 1.54) is 5.70 Å². The number of nitrogens with one attached hydrogen (secondary N) is 1. The highest BCUT2D eigenvalue weighted by molar-refractivity contribution is 9.10. The minimum absolute atomic E-state index is 0.411. The average molecular weight is 253 g/mol. The lowest BCUT2D eigenvalue weighted by molar-refractivity contribution is 0.674. The Balaban J connectivity index is 2.29. The molecule has 1 atom stereocenters. The van der Waals surface area contributed by atoms with Crippen molar-refractivity contribution in [2.24, 2.45) is 0 Å². The van der Waals surface area contributed by atoms with Gasteiger partial charge in [0.1, 0.15) is 0 Å². The summed E-state index contributed by atoms with van der Waals surface area (Å²) in [5, 5.41) is 2.11. The number of hydrogen-bond acceptors (Lipinski definition) is 2. The van der Waals surface area contributed by atoms with Gasteiger partial charge in [0.05, 0.1) is 5.69 Å². The molecule has 0 aromatic heterocycles. The first-order valence-corrected chi connectivity index (χ1v) is 5.46. The van der Waals surface area contributed by atoms with Gasteiger partial charge in [0.15, 0.2) is 0 Å².